The fourth-order valence-electron chi connectivity index (χ4n) is 1.68. The van der Waals surface area contributed by atoms with Crippen LogP contribution in [-0.2, 0) is 6.54 Å². The standard InChI is InChI=1S/C14H16F2N2S/c1-9(2)6-17-7-13-8-18-14(19-13)10-3-11(15)5-12(16)4-10/h3-5,8-9,17H,6-7H2,1-2H3. The van der Waals surface area contributed by atoms with Crippen molar-refractivity contribution >= 4 is 11.3 Å². The van der Waals surface area contributed by atoms with Crippen LogP contribution in [0.4, 0.5) is 8.78 Å². The Balaban J connectivity index is 2.07. The summed E-state index contributed by atoms with van der Waals surface area (Å²) in [4.78, 5) is 5.27. The first kappa shape index (κ1) is 14.1. The molecule has 1 heterocycles. The van der Waals surface area contributed by atoms with Gasteiger partial charge < -0.3 is 5.32 Å². The Morgan fingerprint density at radius 3 is 2.53 bits per heavy atom. The number of nitrogens with one attached hydrogen (secondary N) is 1. The lowest BCUT2D eigenvalue weighted by Crippen LogP contribution is -2.18. The Morgan fingerprint density at radius 2 is 1.89 bits per heavy atom. The molecule has 0 fully saturated rings. The summed E-state index contributed by atoms with van der Waals surface area (Å²) >= 11 is 1.45. The molecule has 0 unspecified atom stereocenters. The minimum absolute atomic E-state index is 0.484. The molecule has 2 nitrogen and oxygen atoms in total. The number of rotatable bonds is 5. The number of benzene rings is 1. The van der Waals surface area contributed by atoms with Crippen molar-refractivity contribution in [3.8, 4) is 10.6 Å². The van der Waals surface area contributed by atoms with Crippen LogP contribution in [0.2, 0.25) is 0 Å². The second-order valence-corrected chi connectivity index (χ2v) is 5.93. The first-order chi connectivity index (χ1) is 9.04. The Bertz CT molecular complexity index is 532. The first-order valence-corrected chi connectivity index (χ1v) is 6.98. The molecule has 19 heavy (non-hydrogen) atoms. The van der Waals surface area contributed by atoms with Crippen LogP contribution in [0.25, 0.3) is 10.6 Å². The van der Waals surface area contributed by atoms with Crippen molar-refractivity contribution in [2.24, 2.45) is 5.92 Å². The number of halogens is 2. The molecule has 0 saturated heterocycles. The largest absolute Gasteiger partial charge is 0.312 e. The van der Waals surface area contributed by atoms with E-state index < -0.39 is 11.6 Å². The van der Waals surface area contributed by atoms with Gasteiger partial charge in [0.25, 0.3) is 0 Å². The van der Waals surface area contributed by atoms with Crippen molar-refractivity contribution in [3.05, 3.63) is 40.9 Å². The van der Waals surface area contributed by atoms with Crippen molar-refractivity contribution in [3.63, 3.8) is 0 Å². The molecule has 102 valence electrons. The van der Waals surface area contributed by atoms with Gasteiger partial charge in [0.15, 0.2) is 0 Å². The predicted octanol–water partition coefficient (Wildman–Crippen LogP) is 3.83. The van der Waals surface area contributed by atoms with Crippen LogP contribution in [-0.4, -0.2) is 11.5 Å². The molecule has 2 rings (SSSR count). The van der Waals surface area contributed by atoms with E-state index >= 15 is 0 Å². The summed E-state index contributed by atoms with van der Waals surface area (Å²) in [5.74, 6) is -0.570. The zero-order valence-corrected chi connectivity index (χ0v) is 11.7. The van der Waals surface area contributed by atoms with Crippen LogP contribution in [0.5, 0.6) is 0 Å². The minimum atomic E-state index is -0.579. The predicted molar refractivity (Wildman–Crippen MR) is 74.0 cm³/mol. The Hall–Kier alpha value is -1.33. The molecule has 0 aliphatic heterocycles. The van der Waals surface area contributed by atoms with Gasteiger partial charge in [-0.25, -0.2) is 13.8 Å². The highest BCUT2D eigenvalue weighted by Gasteiger charge is 2.08. The van der Waals surface area contributed by atoms with E-state index in [0.29, 0.717) is 16.5 Å². The highest BCUT2D eigenvalue weighted by Crippen LogP contribution is 2.26. The van der Waals surface area contributed by atoms with E-state index in [1.165, 1.54) is 23.5 Å². The maximum Gasteiger partial charge on any atom is 0.126 e. The van der Waals surface area contributed by atoms with Gasteiger partial charge >= 0.3 is 0 Å². The number of nitrogens with zero attached hydrogens (tertiary/aromatic N) is 1. The lowest BCUT2D eigenvalue weighted by Gasteiger charge is -2.04. The third-order valence-electron chi connectivity index (χ3n) is 2.51. The topological polar surface area (TPSA) is 24.9 Å². The monoisotopic (exact) mass is 282 g/mol. The molecular weight excluding hydrogens is 266 g/mol. The van der Waals surface area contributed by atoms with E-state index in [9.17, 15) is 8.78 Å². The molecule has 0 saturated carbocycles. The van der Waals surface area contributed by atoms with Crippen LogP contribution in [0, 0.1) is 17.6 Å². The molecule has 5 heteroatoms. The summed E-state index contributed by atoms with van der Waals surface area (Å²) < 4.78 is 26.3. The molecule has 0 radical (unpaired) electrons. The Kier molecular flexibility index (Phi) is 4.61. The molecule has 1 aromatic carbocycles. The first-order valence-electron chi connectivity index (χ1n) is 6.16. The summed E-state index contributed by atoms with van der Waals surface area (Å²) in [6, 6.07) is 3.46. The second kappa shape index (κ2) is 6.21. The van der Waals surface area contributed by atoms with E-state index in [1.54, 1.807) is 6.20 Å². The van der Waals surface area contributed by atoms with Crippen LogP contribution in [0.3, 0.4) is 0 Å². The maximum atomic E-state index is 13.1. The number of aromatic nitrogens is 1. The molecule has 0 spiro atoms. The summed E-state index contributed by atoms with van der Waals surface area (Å²) in [5, 5.41) is 3.95. The molecule has 2 aromatic rings. The highest BCUT2D eigenvalue weighted by molar-refractivity contribution is 7.15. The van der Waals surface area contributed by atoms with Gasteiger partial charge in [0.1, 0.15) is 16.6 Å². The van der Waals surface area contributed by atoms with Crippen LogP contribution >= 0.6 is 11.3 Å². The molecule has 0 amide bonds. The lowest BCUT2D eigenvalue weighted by atomic mass is 10.2. The highest BCUT2D eigenvalue weighted by atomic mass is 32.1. The molecule has 1 aromatic heterocycles. The van der Waals surface area contributed by atoms with Gasteiger partial charge in [-0.2, -0.15) is 0 Å². The SMILES string of the molecule is CC(C)CNCc1cnc(-c2cc(F)cc(F)c2)s1. The lowest BCUT2D eigenvalue weighted by molar-refractivity contribution is 0.554. The van der Waals surface area contributed by atoms with Gasteiger partial charge in [0.2, 0.25) is 0 Å². The van der Waals surface area contributed by atoms with Gasteiger partial charge in [-0.3, -0.25) is 0 Å². The van der Waals surface area contributed by atoms with E-state index in [4.69, 9.17) is 0 Å². The van der Waals surface area contributed by atoms with Crippen molar-refractivity contribution in [2.75, 3.05) is 6.54 Å². The minimum Gasteiger partial charge on any atom is -0.312 e. The summed E-state index contributed by atoms with van der Waals surface area (Å²) in [5.41, 5.74) is 0.484. The van der Waals surface area contributed by atoms with Gasteiger partial charge in [0, 0.05) is 29.2 Å². The van der Waals surface area contributed by atoms with Crippen LogP contribution < -0.4 is 5.32 Å². The fraction of sp³-hybridized carbons (Fsp3) is 0.357. The zero-order chi connectivity index (χ0) is 13.8. The van der Waals surface area contributed by atoms with Crippen LogP contribution in [0.15, 0.2) is 24.4 Å². The molecular formula is C14H16F2N2S. The number of hydrogen-bond donors (Lipinski definition) is 1. The average molecular weight is 282 g/mol. The third-order valence-corrected chi connectivity index (χ3v) is 3.56. The molecule has 0 aliphatic carbocycles. The zero-order valence-electron chi connectivity index (χ0n) is 10.9. The quantitative estimate of drug-likeness (QED) is 0.901. The smallest absolute Gasteiger partial charge is 0.126 e. The maximum absolute atomic E-state index is 13.1. The van der Waals surface area contributed by atoms with Crippen LogP contribution in [0.1, 0.15) is 18.7 Å². The van der Waals surface area contributed by atoms with Gasteiger partial charge in [-0.1, -0.05) is 13.8 Å². The van der Waals surface area contributed by atoms with Crippen molar-refractivity contribution in [1.82, 2.24) is 10.3 Å². The third kappa shape index (κ3) is 4.08. The van der Waals surface area contributed by atoms with E-state index in [1.807, 2.05) is 0 Å². The average Bonchev–Trinajstić information content (AvgIpc) is 2.76. The summed E-state index contributed by atoms with van der Waals surface area (Å²) in [6.45, 7) is 5.94. The Labute approximate surface area is 115 Å². The molecule has 1 N–H and O–H groups in total. The number of hydrogen-bond acceptors (Lipinski definition) is 3. The normalized spacial score (nSPS) is 11.2. The summed E-state index contributed by atoms with van der Waals surface area (Å²) in [7, 11) is 0. The van der Waals surface area contributed by atoms with E-state index in [-0.39, 0.29) is 0 Å². The number of thiazole rings is 1. The van der Waals surface area contributed by atoms with Gasteiger partial charge in [0.05, 0.1) is 0 Å². The fourth-order valence-corrected chi connectivity index (χ4v) is 2.55. The van der Waals surface area contributed by atoms with Crippen molar-refractivity contribution < 1.29 is 8.78 Å². The van der Waals surface area contributed by atoms with Crippen molar-refractivity contribution in [1.29, 1.82) is 0 Å². The molecule has 0 atom stereocenters. The summed E-state index contributed by atoms with van der Waals surface area (Å²) in [6.07, 6.45) is 1.75. The molecule has 0 bridgehead atoms. The molecule has 0 aliphatic rings. The van der Waals surface area contributed by atoms with Crippen molar-refractivity contribution in [2.45, 2.75) is 20.4 Å². The Morgan fingerprint density at radius 1 is 1.21 bits per heavy atom. The van der Waals surface area contributed by atoms with E-state index in [0.717, 1.165) is 24.0 Å². The van der Waals surface area contributed by atoms with E-state index in [2.05, 4.69) is 24.1 Å². The van der Waals surface area contributed by atoms with Gasteiger partial charge in [-0.05, 0) is 24.6 Å². The van der Waals surface area contributed by atoms with Gasteiger partial charge in [-0.15, -0.1) is 11.3 Å². The second-order valence-electron chi connectivity index (χ2n) is 4.81.